The summed E-state index contributed by atoms with van der Waals surface area (Å²) in [6.07, 6.45) is 0. The number of ether oxygens (including phenoxy) is 1. The fraction of sp³-hybridized carbons (Fsp3) is 0. The van der Waals surface area contributed by atoms with Crippen LogP contribution in [0.25, 0.3) is 49.7 Å². The van der Waals surface area contributed by atoms with E-state index in [9.17, 15) is 26.0 Å². The van der Waals surface area contributed by atoms with E-state index in [0.717, 1.165) is 4.57 Å². The zero-order chi connectivity index (χ0) is 70.2. The monoisotopic (exact) mass is 821 g/mol. The van der Waals surface area contributed by atoms with E-state index in [4.69, 9.17) is 28.0 Å². The molecule has 0 spiro atoms. The van der Waals surface area contributed by atoms with Gasteiger partial charge in [0.25, 0.3) is 5.99 Å². The predicted molar refractivity (Wildman–Crippen MR) is 253 cm³/mol. The van der Waals surface area contributed by atoms with Gasteiger partial charge in [0.05, 0.1) is 66.1 Å². The Kier molecular flexibility index (Phi) is 3.22. The molecule has 10 aromatic rings. The summed E-state index contributed by atoms with van der Waals surface area (Å²) in [5.41, 5.74) is -6.95. The Bertz CT molecular complexity index is 5030. The van der Waals surface area contributed by atoms with Gasteiger partial charge in [0.2, 0.25) is 0 Å². The minimum Gasteiger partial charge on any atom is -0.456 e. The normalized spacial score (nSPS) is 21.3. The smallest absolute Gasteiger partial charge is 0.289 e. The predicted octanol–water partition coefficient (Wildman–Crippen LogP) is 9.81. The number of nitrogens with zero attached hydrogens (tertiary/aromatic N) is 1. The molecule has 0 fully saturated rings. The van der Waals surface area contributed by atoms with Crippen molar-refractivity contribution in [1.82, 2.24) is 4.57 Å². The summed E-state index contributed by atoms with van der Waals surface area (Å²) in [4.78, 5) is -0.469. The molecule has 59 heavy (non-hydrogen) atoms. The molecule has 0 bridgehead atoms. The van der Waals surface area contributed by atoms with E-state index in [0.29, 0.717) is 11.6 Å². The van der Waals surface area contributed by atoms with Crippen molar-refractivity contribution in [3.63, 3.8) is 0 Å². The molecule has 0 aliphatic carbocycles. The third-order valence-corrected chi connectivity index (χ3v) is 15.3. The van der Waals surface area contributed by atoms with Crippen LogP contribution in [0.2, 0.25) is 0 Å². The lowest BCUT2D eigenvalue weighted by Gasteiger charge is -2.37. The number of para-hydroxylation sites is 3. The molecule has 0 atom stereocenters. The maximum Gasteiger partial charge on any atom is 0.289 e. The second-order valence-corrected chi connectivity index (χ2v) is 17.4. The maximum atomic E-state index is 10.6. The van der Waals surface area contributed by atoms with E-state index in [-0.39, 0.29) is 0 Å². The minimum absolute atomic E-state index is 0.469. The van der Waals surface area contributed by atoms with Crippen molar-refractivity contribution < 1.29 is 54.1 Å². The van der Waals surface area contributed by atoms with Gasteiger partial charge in [-0.15, -0.1) is 0 Å². The van der Waals surface area contributed by atoms with Crippen LogP contribution < -0.4 is 36.4 Å². The Morgan fingerprint density at radius 1 is 0.492 bits per heavy atom. The van der Waals surface area contributed by atoms with Crippen LogP contribution in [0, 0.1) is 0 Å². The third-order valence-electron chi connectivity index (χ3n) is 9.90. The first-order chi connectivity index (χ1) is 44.2. The van der Waals surface area contributed by atoms with Crippen LogP contribution in [0.4, 0.5) is 0 Å². The van der Waals surface area contributed by atoms with Crippen molar-refractivity contribution in [2.45, 2.75) is 4.90 Å². The molecule has 276 valence electrons. The van der Waals surface area contributed by atoms with E-state index in [1.165, 1.54) is 0 Å². The molecular formula is C54H36BNOSSi. The van der Waals surface area contributed by atoms with E-state index < -0.39 is 329 Å². The highest BCUT2D eigenvalue weighted by Crippen LogP contribution is 2.46. The summed E-state index contributed by atoms with van der Waals surface area (Å²) < 4.78 is 344. The molecular weight excluding hydrogens is 750 g/mol. The molecule has 0 saturated carbocycles. The molecule has 2 nitrogen and oxygen atoms in total. The van der Waals surface area contributed by atoms with Crippen LogP contribution in [0.1, 0.15) is 49.3 Å². The zero-order valence-electron chi connectivity index (χ0n) is 65.3. The summed E-state index contributed by atoms with van der Waals surface area (Å²) >= 11 is 0.515. The highest BCUT2D eigenvalue weighted by Gasteiger charge is 2.44. The lowest BCUT2D eigenvalue weighted by Crippen LogP contribution is -2.75. The van der Waals surface area contributed by atoms with Crippen molar-refractivity contribution in [2.75, 3.05) is 0 Å². The summed E-state index contributed by atoms with van der Waals surface area (Å²) in [6, 6.07) is -41.4. The summed E-state index contributed by atoms with van der Waals surface area (Å²) in [5, 5.41) is -6.23. The maximum absolute atomic E-state index is 10.6. The van der Waals surface area contributed by atoms with Crippen molar-refractivity contribution in [3.8, 4) is 39.4 Å². The Balaban J connectivity index is 1.39. The van der Waals surface area contributed by atoms with Crippen molar-refractivity contribution in [3.05, 3.63) is 218 Å². The first-order valence-electron chi connectivity index (χ1n) is 35.3. The third kappa shape index (κ3) is 5.15. The molecule has 0 N–H and O–H groups in total. The van der Waals surface area contributed by atoms with E-state index in [2.05, 4.69) is 0 Å². The summed E-state index contributed by atoms with van der Waals surface area (Å²) in [7, 11) is -6.75. The average Bonchev–Trinajstić information content (AvgIpc) is 1.18. The van der Waals surface area contributed by atoms with Gasteiger partial charge >= 0.3 is 0 Å². The van der Waals surface area contributed by atoms with Gasteiger partial charge in [-0.2, -0.15) is 11.6 Å². The van der Waals surface area contributed by atoms with Gasteiger partial charge in [-0.25, -0.2) is 0 Å². The first-order valence-corrected chi connectivity index (χ1v) is 20.2. The fourth-order valence-corrected chi connectivity index (χ4v) is 12.6. The van der Waals surface area contributed by atoms with Crippen LogP contribution in [0.3, 0.4) is 0 Å². The molecule has 2 aliphatic heterocycles. The summed E-state index contributed by atoms with van der Waals surface area (Å²) in [5.74, 6) is -3.58. The highest BCUT2D eigenvalue weighted by molar-refractivity contribution is 8.28. The van der Waals surface area contributed by atoms with Crippen LogP contribution in [0.5, 0.6) is 11.5 Å². The molecule has 3 heterocycles. The second-order valence-electron chi connectivity index (χ2n) is 12.8. The second kappa shape index (κ2) is 13.7. The molecule has 12 rings (SSSR count). The lowest BCUT2D eigenvalue weighted by molar-refractivity contribution is 0.486. The molecule has 0 radical (unpaired) electrons. The largest absolute Gasteiger partial charge is 0.456 e. The van der Waals surface area contributed by atoms with E-state index in [1.807, 2.05) is 0 Å². The first kappa shape index (κ1) is 13.9. The number of hydrogen-bond donors (Lipinski definition) is 0. The van der Waals surface area contributed by atoms with Crippen LogP contribution in [-0.2, 0) is 0 Å². The Hall–Kier alpha value is -6.79. The van der Waals surface area contributed by atoms with Gasteiger partial charge < -0.3 is 9.30 Å². The number of benzene rings is 9. The van der Waals surface area contributed by atoms with Gasteiger partial charge in [0, 0.05) is 15.7 Å². The van der Waals surface area contributed by atoms with Gasteiger partial charge in [-0.1, -0.05) is 181 Å². The molecule has 0 amide bonds. The zero-order valence-corrected chi connectivity index (χ0v) is 31.2. The van der Waals surface area contributed by atoms with Crippen molar-refractivity contribution >= 4 is 79.2 Å². The standard InChI is InChI=1S/C54H36BNOSSi/c1-4-19-38(20-5-1)59(39-21-6-2-7-22-39,40-23-8-3-9-24-40)52-34-17-13-25-41(52)37-35-45-44-28-12-16-33-51(44)58-55-46-29-18-32-49(54(46)57-50(36-37)53(45)55)56-47-30-14-10-26-42(47)43-27-11-15-31-48(43)56/h1-36H/i1D,2D,3D,4D,5D,6D,7D,8D,9D,10D,11D,12D,13D,14D,15D,16D,17D,18D,19D,20D,21D,22D,23D,24D,25D,26D,27D,28D,29D,30D,31D,32D,33D,34D,35D,36D. The number of rotatable bonds is 6. The quantitative estimate of drug-likeness (QED) is 0.123. The van der Waals surface area contributed by atoms with Crippen molar-refractivity contribution in [1.29, 1.82) is 0 Å². The molecule has 1 aromatic heterocycles. The van der Waals surface area contributed by atoms with Gasteiger partial charge in [-0.05, 0) is 90.2 Å². The molecule has 5 heteroatoms. The van der Waals surface area contributed by atoms with Crippen LogP contribution >= 0.6 is 11.6 Å². The molecule has 0 saturated heterocycles. The Morgan fingerprint density at radius 3 is 1.68 bits per heavy atom. The lowest BCUT2D eigenvalue weighted by atomic mass is 9.57. The molecule has 9 aromatic carbocycles. The number of aromatic nitrogens is 1. The fourth-order valence-electron chi connectivity index (χ4n) is 7.55. The van der Waals surface area contributed by atoms with Crippen molar-refractivity contribution in [2.24, 2.45) is 0 Å². The summed E-state index contributed by atoms with van der Waals surface area (Å²) in [6.45, 7) is 0. The Labute approximate surface area is 400 Å². The Morgan fingerprint density at radius 2 is 1.03 bits per heavy atom. The van der Waals surface area contributed by atoms with E-state index >= 15 is 0 Å². The van der Waals surface area contributed by atoms with Gasteiger partial charge in [0.1, 0.15) is 11.5 Å². The SMILES string of the molecule is [2H]c1c([2H])c([2H])c([Si](c2c([2H])c([2H])c([2H])c([2H])c2[2H])(c2c([2H])c([2H])c([2H])c([2H])c2[2H])c2c([2H])c([2H])c([2H])c([2H])c2-c2c([2H])c3c4c(c2[2H])-c2c([2H])c([2H])c([2H])c([2H])c2SB4c2c([2H])c([2H])c([2H])c(-n4c5c([2H])c([2H])c([2H])c([2H])c5c5c([2H])c([2H])c([2H])c([2H])c54)c2O3)c([2H])c1[2H]. The van der Waals surface area contributed by atoms with E-state index in [1.54, 1.807) is 0 Å². The topological polar surface area (TPSA) is 14.2 Å². The minimum atomic E-state index is -6.75. The van der Waals surface area contributed by atoms with Crippen LogP contribution in [0.15, 0.2) is 222 Å². The number of hydrogen-bond acceptors (Lipinski definition) is 2. The highest BCUT2D eigenvalue weighted by atomic mass is 32.2. The molecule has 2 aliphatic rings. The van der Waals surface area contributed by atoms with Gasteiger partial charge in [-0.3, -0.25) is 0 Å². The molecule has 0 unspecified atom stereocenters. The van der Waals surface area contributed by atoms with Crippen LogP contribution in [-0.4, -0.2) is 18.6 Å². The average molecular weight is 822 g/mol. The number of fused-ring (bicyclic) bond motifs is 7. The van der Waals surface area contributed by atoms with Gasteiger partial charge in [0.15, 0.2) is 8.07 Å².